The van der Waals surface area contributed by atoms with Crippen molar-refractivity contribution in [2.45, 2.75) is 30.8 Å². The first-order valence-corrected chi connectivity index (χ1v) is 7.69. The Balaban J connectivity index is 3.00. The molecular formula is C13H19NO6S. The average Bonchev–Trinajstić information content (AvgIpc) is 2.37. The van der Waals surface area contributed by atoms with E-state index in [1.54, 1.807) is 7.11 Å². The van der Waals surface area contributed by atoms with Gasteiger partial charge in [0.05, 0.1) is 17.8 Å². The molecule has 1 aromatic rings. The second-order valence-electron chi connectivity index (χ2n) is 5.07. The maximum atomic E-state index is 11.5. The minimum Gasteiger partial charge on any atom is -0.492 e. The van der Waals surface area contributed by atoms with Crippen molar-refractivity contribution in [2.75, 3.05) is 13.7 Å². The molecule has 0 amide bonds. The Morgan fingerprint density at radius 1 is 1.38 bits per heavy atom. The summed E-state index contributed by atoms with van der Waals surface area (Å²) >= 11 is 0. The second kappa shape index (κ2) is 6.42. The molecule has 0 spiro atoms. The number of carboxylic acids is 1. The molecule has 0 fully saturated rings. The Bertz CT molecular complexity index is 624. The van der Waals surface area contributed by atoms with Crippen LogP contribution >= 0.6 is 0 Å². The summed E-state index contributed by atoms with van der Waals surface area (Å²) in [5.41, 5.74) is -0.591. The number of benzene rings is 1. The first-order valence-electron chi connectivity index (χ1n) is 6.15. The monoisotopic (exact) mass is 317 g/mol. The smallest absolute Gasteiger partial charge is 0.335 e. The van der Waals surface area contributed by atoms with Crippen LogP contribution in [0.5, 0.6) is 5.75 Å². The highest BCUT2D eigenvalue weighted by molar-refractivity contribution is 7.89. The van der Waals surface area contributed by atoms with E-state index in [-0.39, 0.29) is 22.8 Å². The molecule has 0 bridgehead atoms. The molecule has 0 aromatic heterocycles. The first kappa shape index (κ1) is 17.4. The Labute approximate surface area is 123 Å². The highest BCUT2D eigenvalue weighted by Gasteiger charge is 2.20. The van der Waals surface area contributed by atoms with Crippen molar-refractivity contribution < 1.29 is 27.8 Å². The van der Waals surface area contributed by atoms with Gasteiger partial charge in [-0.2, -0.15) is 0 Å². The topological polar surface area (TPSA) is 116 Å². The fraction of sp³-hybridized carbons (Fsp3) is 0.462. The lowest BCUT2D eigenvalue weighted by Gasteiger charge is -2.23. The Hall–Kier alpha value is -1.64. The van der Waals surface area contributed by atoms with Gasteiger partial charge in [0, 0.05) is 13.5 Å². The van der Waals surface area contributed by atoms with Gasteiger partial charge < -0.3 is 14.6 Å². The molecule has 0 atom stereocenters. The molecule has 0 aliphatic carbocycles. The van der Waals surface area contributed by atoms with Crippen molar-refractivity contribution in [1.82, 2.24) is 0 Å². The van der Waals surface area contributed by atoms with E-state index >= 15 is 0 Å². The maximum Gasteiger partial charge on any atom is 0.335 e. The fourth-order valence-corrected chi connectivity index (χ4v) is 2.19. The molecule has 0 aliphatic rings. The summed E-state index contributed by atoms with van der Waals surface area (Å²) in [6.45, 7) is 3.94. The summed E-state index contributed by atoms with van der Waals surface area (Å²) in [5, 5.41) is 14.0. The fourth-order valence-electron chi connectivity index (χ4n) is 1.49. The van der Waals surface area contributed by atoms with Gasteiger partial charge in [-0.25, -0.2) is 18.4 Å². The molecule has 0 radical (unpaired) electrons. The largest absolute Gasteiger partial charge is 0.492 e. The molecule has 8 heteroatoms. The lowest BCUT2D eigenvalue weighted by molar-refractivity contribution is 0.00522. The van der Waals surface area contributed by atoms with E-state index in [9.17, 15) is 13.2 Å². The van der Waals surface area contributed by atoms with Crippen molar-refractivity contribution in [2.24, 2.45) is 5.14 Å². The summed E-state index contributed by atoms with van der Waals surface area (Å²) in [6, 6.07) is 3.52. The van der Waals surface area contributed by atoms with E-state index in [1.807, 2.05) is 13.8 Å². The minimum atomic E-state index is -4.08. The Morgan fingerprint density at radius 2 is 2.00 bits per heavy atom. The normalized spacial score (nSPS) is 12.2. The van der Waals surface area contributed by atoms with Gasteiger partial charge in [0.1, 0.15) is 10.6 Å². The third-order valence-corrected chi connectivity index (χ3v) is 3.94. The number of hydrogen-bond donors (Lipinski definition) is 2. The number of methoxy groups -OCH3 is 1. The predicted molar refractivity (Wildman–Crippen MR) is 76.0 cm³/mol. The van der Waals surface area contributed by atoms with Crippen molar-refractivity contribution >= 4 is 16.0 Å². The third-order valence-electron chi connectivity index (χ3n) is 3.01. The lowest BCUT2D eigenvalue weighted by Crippen LogP contribution is -2.25. The van der Waals surface area contributed by atoms with Crippen molar-refractivity contribution in [1.29, 1.82) is 0 Å². The van der Waals surface area contributed by atoms with E-state index in [0.717, 1.165) is 6.07 Å². The number of carbonyl (C=O) groups is 1. The van der Waals surface area contributed by atoms with Gasteiger partial charge in [0.2, 0.25) is 10.0 Å². The number of hydrogen-bond acceptors (Lipinski definition) is 5. The van der Waals surface area contributed by atoms with E-state index in [2.05, 4.69) is 0 Å². The Kier molecular flexibility index (Phi) is 5.32. The highest BCUT2D eigenvalue weighted by Crippen LogP contribution is 2.25. The number of nitrogens with two attached hydrogens (primary N) is 1. The predicted octanol–water partition coefficient (Wildman–Crippen LogP) is 1.23. The quantitative estimate of drug-likeness (QED) is 0.781. The van der Waals surface area contributed by atoms with Crippen LogP contribution in [0.1, 0.15) is 30.6 Å². The van der Waals surface area contributed by atoms with Crippen LogP contribution in [0.2, 0.25) is 0 Å². The average molecular weight is 317 g/mol. The van der Waals surface area contributed by atoms with Crippen LogP contribution in [0.4, 0.5) is 0 Å². The number of rotatable bonds is 7. The number of ether oxygens (including phenoxy) is 2. The van der Waals surface area contributed by atoms with Gasteiger partial charge in [-0.05, 0) is 32.0 Å². The molecule has 0 unspecified atom stereocenters. The van der Waals surface area contributed by atoms with Crippen molar-refractivity contribution in [3.63, 3.8) is 0 Å². The zero-order chi connectivity index (χ0) is 16.3. The molecule has 118 valence electrons. The van der Waals surface area contributed by atoms with E-state index in [0.29, 0.717) is 6.42 Å². The minimum absolute atomic E-state index is 0.0226. The van der Waals surface area contributed by atoms with Gasteiger partial charge in [-0.1, -0.05) is 0 Å². The SMILES string of the molecule is COC(C)(C)CCOc1ccc(C(=O)O)cc1S(N)(=O)=O. The van der Waals surface area contributed by atoms with Crippen LogP contribution in [0.15, 0.2) is 23.1 Å². The van der Waals surface area contributed by atoms with Crippen LogP contribution < -0.4 is 9.88 Å². The van der Waals surface area contributed by atoms with Crippen LogP contribution in [-0.2, 0) is 14.8 Å². The zero-order valence-corrected chi connectivity index (χ0v) is 12.9. The molecule has 0 saturated carbocycles. The molecular weight excluding hydrogens is 298 g/mol. The second-order valence-corrected chi connectivity index (χ2v) is 6.60. The maximum absolute atomic E-state index is 11.5. The van der Waals surface area contributed by atoms with Crippen molar-refractivity contribution in [3.05, 3.63) is 23.8 Å². The standard InChI is InChI=1S/C13H19NO6S/c1-13(2,19-3)6-7-20-10-5-4-9(12(15)16)8-11(10)21(14,17)18/h4-5,8H,6-7H2,1-3H3,(H,15,16)(H2,14,17,18). The number of sulfonamides is 1. The number of primary sulfonamides is 1. The first-order chi connectivity index (χ1) is 9.57. The van der Waals surface area contributed by atoms with Gasteiger partial charge in [0.15, 0.2) is 0 Å². The molecule has 1 aromatic carbocycles. The van der Waals surface area contributed by atoms with E-state index in [4.69, 9.17) is 19.7 Å². The van der Waals surface area contributed by atoms with Crippen LogP contribution in [-0.4, -0.2) is 38.8 Å². The number of carboxylic acid groups (broad SMARTS) is 1. The van der Waals surface area contributed by atoms with Gasteiger partial charge in [0.25, 0.3) is 0 Å². The summed E-state index contributed by atoms with van der Waals surface area (Å²) in [6.07, 6.45) is 0.522. The van der Waals surface area contributed by atoms with Crippen LogP contribution in [0.25, 0.3) is 0 Å². The molecule has 21 heavy (non-hydrogen) atoms. The lowest BCUT2D eigenvalue weighted by atomic mass is 10.1. The molecule has 1 rings (SSSR count). The highest BCUT2D eigenvalue weighted by atomic mass is 32.2. The van der Waals surface area contributed by atoms with E-state index < -0.39 is 21.6 Å². The molecule has 3 N–H and O–H groups in total. The van der Waals surface area contributed by atoms with Crippen molar-refractivity contribution in [3.8, 4) is 5.75 Å². The molecule has 7 nitrogen and oxygen atoms in total. The van der Waals surface area contributed by atoms with Gasteiger partial charge >= 0.3 is 5.97 Å². The Morgan fingerprint density at radius 3 is 2.48 bits per heavy atom. The van der Waals surface area contributed by atoms with Crippen LogP contribution in [0.3, 0.4) is 0 Å². The molecule has 0 saturated heterocycles. The summed E-state index contributed by atoms with van der Waals surface area (Å²) in [5.74, 6) is -1.22. The molecule has 0 heterocycles. The van der Waals surface area contributed by atoms with Gasteiger partial charge in [-0.15, -0.1) is 0 Å². The van der Waals surface area contributed by atoms with Crippen LogP contribution in [0, 0.1) is 0 Å². The van der Waals surface area contributed by atoms with Gasteiger partial charge in [-0.3, -0.25) is 0 Å². The number of aromatic carboxylic acids is 1. The summed E-state index contributed by atoms with van der Waals surface area (Å²) < 4.78 is 33.7. The zero-order valence-electron chi connectivity index (χ0n) is 12.1. The molecule has 0 aliphatic heterocycles. The summed E-state index contributed by atoms with van der Waals surface area (Å²) in [4.78, 5) is 10.5. The third kappa shape index (κ3) is 5.00. The summed E-state index contributed by atoms with van der Waals surface area (Å²) in [7, 11) is -2.51. The van der Waals surface area contributed by atoms with E-state index in [1.165, 1.54) is 12.1 Å².